The smallest absolute Gasteiger partial charge is 0.232 e. The Morgan fingerprint density at radius 3 is 2.54 bits per heavy atom. The van der Waals surface area contributed by atoms with E-state index in [9.17, 15) is 0 Å². The number of benzene rings is 1. The number of nitrogen functional groups attached to an aromatic ring is 1. The van der Waals surface area contributed by atoms with Crippen LogP contribution in [0.4, 0.5) is 17.6 Å². The maximum absolute atomic E-state index is 5.91. The number of nitrogens with one attached hydrogen (secondary N) is 1. The van der Waals surface area contributed by atoms with Gasteiger partial charge in [-0.25, -0.2) is 4.98 Å². The molecule has 0 unspecified atom stereocenters. The van der Waals surface area contributed by atoms with Gasteiger partial charge in [0.05, 0.1) is 11.4 Å². The third-order valence-electron chi connectivity index (χ3n) is 4.39. The fourth-order valence-corrected chi connectivity index (χ4v) is 3.79. The van der Waals surface area contributed by atoms with Crippen LogP contribution >= 0.6 is 11.8 Å². The van der Waals surface area contributed by atoms with E-state index in [0.29, 0.717) is 23.4 Å². The predicted molar refractivity (Wildman–Crippen MR) is 115 cm³/mol. The SMILES string of the molecule is Cc1ccccc1Nc1nc(N)nc(CSc2nc(C)c(C)n2CC(C)C)n1. The first kappa shape index (κ1) is 20.1. The molecule has 3 rings (SSSR count). The first-order chi connectivity index (χ1) is 13.3. The number of aromatic nitrogens is 5. The van der Waals surface area contributed by atoms with E-state index < -0.39 is 0 Å². The Hall–Kier alpha value is -2.61. The Kier molecular flexibility index (Phi) is 6.18. The van der Waals surface area contributed by atoms with Crippen LogP contribution in [0.3, 0.4) is 0 Å². The van der Waals surface area contributed by atoms with Crippen LogP contribution in [0.5, 0.6) is 0 Å². The second kappa shape index (κ2) is 8.60. The molecular weight excluding hydrogens is 370 g/mol. The zero-order chi connectivity index (χ0) is 20.3. The molecule has 0 saturated carbocycles. The van der Waals surface area contributed by atoms with E-state index in [1.165, 1.54) is 5.69 Å². The lowest BCUT2D eigenvalue weighted by atomic mass is 10.2. The largest absolute Gasteiger partial charge is 0.368 e. The van der Waals surface area contributed by atoms with Gasteiger partial charge in [0.1, 0.15) is 5.82 Å². The van der Waals surface area contributed by atoms with Crippen LogP contribution in [0.2, 0.25) is 0 Å². The Morgan fingerprint density at radius 2 is 1.82 bits per heavy atom. The van der Waals surface area contributed by atoms with E-state index in [4.69, 9.17) is 10.7 Å². The van der Waals surface area contributed by atoms with E-state index in [2.05, 4.69) is 45.6 Å². The Labute approximate surface area is 170 Å². The first-order valence-corrected chi connectivity index (χ1v) is 10.3. The highest BCUT2D eigenvalue weighted by atomic mass is 32.2. The summed E-state index contributed by atoms with van der Waals surface area (Å²) in [5, 5.41) is 4.21. The molecule has 0 aliphatic carbocycles. The van der Waals surface area contributed by atoms with Gasteiger partial charge in [-0.05, 0) is 38.3 Å². The third kappa shape index (κ3) is 4.81. The second-order valence-corrected chi connectivity index (χ2v) is 8.17. The number of anilines is 3. The zero-order valence-corrected chi connectivity index (χ0v) is 17.8. The molecule has 2 aromatic heterocycles. The maximum Gasteiger partial charge on any atom is 0.232 e. The second-order valence-electron chi connectivity index (χ2n) is 7.23. The standard InChI is InChI=1S/C20H27N7S/c1-12(2)10-27-15(5)14(4)22-20(27)28-11-17-24-18(21)26-19(25-17)23-16-9-7-6-8-13(16)3/h6-9,12H,10-11H2,1-5H3,(H3,21,23,24,25,26). The van der Waals surface area contributed by atoms with Crippen molar-refractivity contribution in [1.29, 1.82) is 0 Å². The lowest BCUT2D eigenvalue weighted by Crippen LogP contribution is -2.09. The topological polar surface area (TPSA) is 94.5 Å². The van der Waals surface area contributed by atoms with Crippen molar-refractivity contribution in [3.05, 3.63) is 47.0 Å². The molecule has 0 bridgehead atoms. The van der Waals surface area contributed by atoms with Crippen molar-refractivity contribution in [1.82, 2.24) is 24.5 Å². The minimum atomic E-state index is 0.208. The molecule has 28 heavy (non-hydrogen) atoms. The summed E-state index contributed by atoms with van der Waals surface area (Å²) >= 11 is 1.62. The maximum atomic E-state index is 5.91. The quantitative estimate of drug-likeness (QED) is 0.575. The number of nitrogens with zero attached hydrogens (tertiary/aromatic N) is 5. The monoisotopic (exact) mass is 397 g/mol. The Balaban J connectivity index is 1.78. The molecule has 2 heterocycles. The van der Waals surface area contributed by atoms with Gasteiger partial charge in [0.15, 0.2) is 5.16 Å². The summed E-state index contributed by atoms with van der Waals surface area (Å²) in [5.41, 5.74) is 10.2. The Bertz CT molecular complexity index is 965. The highest BCUT2D eigenvalue weighted by Gasteiger charge is 2.14. The number of hydrogen-bond acceptors (Lipinski definition) is 7. The molecule has 7 nitrogen and oxygen atoms in total. The van der Waals surface area contributed by atoms with Gasteiger partial charge in [-0.15, -0.1) is 0 Å². The van der Waals surface area contributed by atoms with Crippen LogP contribution in [0.1, 0.15) is 36.6 Å². The number of hydrogen-bond donors (Lipinski definition) is 2. The fourth-order valence-electron chi connectivity index (χ4n) is 2.83. The van der Waals surface area contributed by atoms with Gasteiger partial charge in [-0.3, -0.25) is 0 Å². The lowest BCUT2D eigenvalue weighted by molar-refractivity contribution is 0.486. The van der Waals surface area contributed by atoms with Crippen LogP contribution < -0.4 is 11.1 Å². The molecular formula is C20H27N7S. The number of thioether (sulfide) groups is 1. The third-order valence-corrected chi connectivity index (χ3v) is 5.36. The van der Waals surface area contributed by atoms with Crippen molar-refractivity contribution in [3.8, 4) is 0 Å². The van der Waals surface area contributed by atoms with Crippen molar-refractivity contribution < 1.29 is 0 Å². The summed E-state index contributed by atoms with van der Waals surface area (Å²) in [5.74, 6) is 2.41. The van der Waals surface area contributed by atoms with Crippen molar-refractivity contribution in [2.45, 2.75) is 52.1 Å². The van der Waals surface area contributed by atoms with E-state index >= 15 is 0 Å². The average Bonchev–Trinajstić information content (AvgIpc) is 2.89. The molecule has 1 aromatic carbocycles. The van der Waals surface area contributed by atoms with Crippen LogP contribution in [0, 0.1) is 26.7 Å². The highest BCUT2D eigenvalue weighted by Crippen LogP contribution is 2.25. The van der Waals surface area contributed by atoms with Crippen molar-refractivity contribution in [2.24, 2.45) is 5.92 Å². The number of nitrogens with two attached hydrogens (primary N) is 1. The molecule has 3 N–H and O–H groups in total. The highest BCUT2D eigenvalue weighted by molar-refractivity contribution is 7.98. The van der Waals surface area contributed by atoms with Crippen LogP contribution in [-0.2, 0) is 12.3 Å². The summed E-state index contributed by atoms with van der Waals surface area (Å²) in [6.07, 6.45) is 0. The molecule has 0 radical (unpaired) electrons. The van der Waals surface area contributed by atoms with Gasteiger partial charge in [0.2, 0.25) is 11.9 Å². The van der Waals surface area contributed by atoms with Crippen molar-refractivity contribution in [3.63, 3.8) is 0 Å². The van der Waals surface area contributed by atoms with Gasteiger partial charge < -0.3 is 15.6 Å². The van der Waals surface area contributed by atoms with Gasteiger partial charge in [0.25, 0.3) is 0 Å². The molecule has 0 atom stereocenters. The van der Waals surface area contributed by atoms with Gasteiger partial charge in [-0.2, -0.15) is 15.0 Å². The summed E-state index contributed by atoms with van der Waals surface area (Å²) in [6.45, 7) is 11.5. The minimum absolute atomic E-state index is 0.208. The lowest BCUT2D eigenvalue weighted by Gasteiger charge is -2.12. The molecule has 0 amide bonds. The zero-order valence-electron chi connectivity index (χ0n) is 17.0. The number of para-hydroxylation sites is 1. The van der Waals surface area contributed by atoms with Crippen molar-refractivity contribution >= 4 is 29.3 Å². The van der Waals surface area contributed by atoms with Crippen LogP contribution in [0.25, 0.3) is 0 Å². The first-order valence-electron chi connectivity index (χ1n) is 9.33. The molecule has 0 saturated heterocycles. The van der Waals surface area contributed by atoms with Gasteiger partial charge in [-0.1, -0.05) is 43.8 Å². The van der Waals surface area contributed by atoms with E-state index in [0.717, 1.165) is 28.6 Å². The van der Waals surface area contributed by atoms with Crippen molar-refractivity contribution in [2.75, 3.05) is 11.1 Å². The van der Waals surface area contributed by atoms with E-state index in [1.54, 1.807) is 11.8 Å². The number of aryl methyl sites for hydroxylation is 2. The molecule has 0 aliphatic heterocycles. The van der Waals surface area contributed by atoms with E-state index in [-0.39, 0.29) is 5.95 Å². The summed E-state index contributed by atoms with van der Waals surface area (Å²) in [6, 6.07) is 7.98. The number of rotatable bonds is 7. The molecule has 0 fully saturated rings. The van der Waals surface area contributed by atoms with Crippen LogP contribution in [-0.4, -0.2) is 24.5 Å². The van der Waals surface area contributed by atoms with Crippen LogP contribution in [0.15, 0.2) is 29.4 Å². The van der Waals surface area contributed by atoms with E-state index in [1.807, 2.05) is 38.1 Å². The fraction of sp³-hybridized carbons (Fsp3) is 0.400. The van der Waals surface area contributed by atoms with Gasteiger partial charge in [0, 0.05) is 17.9 Å². The summed E-state index contributed by atoms with van der Waals surface area (Å²) < 4.78 is 2.27. The minimum Gasteiger partial charge on any atom is -0.368 e. The molecule has 148 valence electrons. The number of imidazole rings is 1. The molecule has 3 aromatic rings. The predicted octanol–water partition coefficient (Wildman–Crippen LogP) is 4.27. The molecule has 8 heteroatoms. The van der Waals surface area contributed by atoms with Gasteiger partial charge >= 0.3 is 0 Å². The molecule has 0 spiro atoms. The Morgan fingerprint density at radius 1 is 1.07 bits per heavy atom. The summed E-state index contributed by atoms with van der Waals surface area (Å²) in [4.78, 5) is 17.7. The molecule has 0 aliphatic rings. The normalized spacial score (nSPS) is 11.2. The average molecular weight is 398 g/mol. The summed E-state index contributed by atoms with van der Waals surface area (Å²) in [7, 11) is 0.